The molecule has 1 N–H and O–H groups in total. The Hall–Kier alpha value is -2.46. The summed E-state index contributed by atoms with van der Waals surface area (Å²) in [6.07, 6.45) is 6.70. The number of hydrogen-bond donors (Lipinski definition) is 1. The predicted octanol–water partition coefficient (Wildman–Crippen LogP) is 3.03. The van der Waals surface area contributed by atoms with E-state index in [4.69, 9.17) is 5.10 Å². The third kappa shape index (κ3) is 5.91. The van der Waals surface area contributed by atoms with Crippen LogP contribution in [0, 0.1) is 11.3 Å². The van der Waals surface area contributed by atoms with Crippen LogP contribution in [0.4, 0.5) is 0 Å². The van der Waals surface area contributed by atoms with Crippen LogP contribution in [0.2, 0.25) is 0 Å². The first-order valence-electron chi connectivity index (χ1n) is 12.2. The number of sulfone groups is 1. The van der Waals surface area contributed by atoms with Gasteiger partial charge in [-0.05, 0) is 74.6 Å². The quantitative estimate of drug-likeness (QED) is 0.538. The van der Waals surface area contributed by atoms with Crippen molar-refractivity contribution in [2.45, 2.75) is 26.7 Å². The lowest BCUT2D eigenvalue weighted by Gasteiger charge is -2.35. The molecule has 194 valence electrons. The Kier molecular flexibility index (Phi) is 7.75. The van der Waals surface area contributed by atoms with Gasteiger partial charge in [-0.15, -0.1) is 0 Å². The molecule has 1 atom stereocenters. The van der Waals surface area contributed by atoms with Crippen molar-refractivity contribution in [1.82, 2.24) is 15.2 Å². The molecule has 36 heavy (non-hydrogen) atoms. The molecule has 4 rings (SSSR count). The monoisotopic (exact) mass is 576 g/mol. The van der Waals surface area contributed by atoms with Gasteiger partial charge in [0.1, 0.15) is 9.84 Å². The predicted molar refractivity (Wildman–Crippen MR) is 144 cm³/mol. The molecule has 2 heterocycles. The van der Waals surface area contributed by atoms with Crippen LogP contribution in [0.3, 0.4) is 0 Å². The molecule has 1 aromatic rings. The molecule has 0 bridgehead atoms. The van der Waals surface area contributed by atoms with Gasteiger partial charge >= 0.3 is 0 Å². The minimum Gasteiger partial charge on any atom is -0.351 e. The minimum atomic E-state index is -3.13. The maximum absolute atomic E-state index is 12.8. The molecule has 3 aliphatic rings. The van der Waals surface area contributed by atoms with Crippen LogP contribution in [0.25, 0.3) is 0 Å². The summed E-state index contributed by atoms with van der Waals surface area (Å²) in [5.41, 5.74) is 2.81. The van der Waals surface area contributed by atoms with Crippen LogP contribution in [-0.4, -0.2) is 80.6 Å². The van der Waals surface area contributed by atoms with Gasteiger partial charge in [-0.25, -0.2) is 8.42 Å². The highest BCUT2D eigenvalue weighted by Crippen LogP contribution is 2.40. The maximum atomic E-state index is 12.8. The number of hydrogen-bond acceptors (Lipinski definition) is 6. The zero-order chi connectivity index (χ0) is 26.1. The second kappa shape index (κ2) is 10.5. The normalized spacial score (nSPS) is 22.5. The number of amides is 2. The molecular formula is C26H33BrN4O4S. The molecule has 2 aliphatic heterocycles. The number of halogens is 1. The first-order chi connectivity index (χ1) is 17.0. The van der Waals surface area contributed by atoms with Gasteiger partial charge in [-0.1, -0.05) is 15.9 Å². The van der Waals surface area contributed by atoms with Gasteiger partial charge in [0.25, 0.3) is 11.8 Å². The van der Waals surface area contributed by atoms with Crippen molar-refractivity contribution < 1.29 is 18.0 Å². The van der Waals surface area contributed by atoms with Crippen molar-refractivity contribution in [2.75, 3.05) is 44.7 Å². The SMILES string of the molecule is CC1=C(C(=O)NCCS(C)(=O)=O)C=CC2=NN(CC3CCN(C(=O)c4ccc(Br)cc4)CC3)CC21C. The molecule has 1 aromatic carbocycles. The largest absolute Gasteiger partial charge is 0.351 e. The molecule has 1 saturated heterocycles. The first-order valence-corrected chi connectivity index (χ1v) is 15.1. The Labute approximate surface area is 221 Å². The third-order valence-corrected chi connectivity index (χ3v) is 8.89. The zero-order valence-electron chi connectivity index (χ0n) is 21.0. The van der Waals surface area contributed by atoms with Gasteiger partial charge in [-0.2, -0.15) is 5.10 Å². The van der Waals surface area contributed by atoms with E-state index in [-0.39, 0.29) is 29.5 Å². The van der Waals surface area contributed by atoms with E-state index in [1.54, 1.807) is 6.08 Å². The fourth-order valence-corrected chi connectivity index (χ4v) is 5.78. The highest BCUT2D eigenvalue weighted by Gasteiger charge is 2.43. The smallest absolute Gasteiger partial charge is 0.253 e. The number of carbonyl (C=O) groups excluding carboxylic acids is 2. The summed E-state index contributed by atoms with van der Waals surface area (Å²) < 4.78 is 23.7. The number of benzene rings is 1. The molecule has 1 fully saturated rings. The van der Waals surface area contributed by atoms with E-state index in [9.17, 15) is 18.0 Å². The number of allylic oxidation sites excluding steroid dienone is 1. The van der Waals surface area contributed by atoms with Crippen LogP contribution >= 0.6 is 15.9 Å². The van der Waals surface area contributed by atoms with E-state index in [2.05, 4.69) is 33.2 Å². The lowest BCUT2D eigenvalue weighted by molar-refractivity contribution is -0.117. The van der Waals surface area contributed by atoms with E-state index in [1.807, 2.05) is 42.2 Å². The lowest BCUT2D eigenvalue weighted by Crippen LogP contribution is -2.41. The summed E-state index contributed by atoms with van der Waals surface area (Å²) in [5, 5.41) is 9.69. The highest BCUT2D eigenvalue weighted by atomic mass is 79.9. The maximum Gasteiger partial charge on any atom is 0.253 e. The van der Waals surface area contributed by atoms with Crippen LogP contribution in [0.1, 0.15) is 37.0 Å². The van der Waals surface area contributed by atoms with Gasteiger partial charge in [0.2, 0.25) is 0 Å². The van der Waals surface area contributed by atoms with Gasteiger partial charge < -0.3 is 10.2 Å². The Morgan fingerprint density at radius 3 is 2.47 bits per heavy atom. The first kappa shape index (κ1) is 26.6. The van der Waals surface area contributed by atoms with Crippen LogP contribution in [0.15, 0.2) is 57.1 Å². The number of fused-ring (bicyclic) bond motifs is 1. The van der Waals surface area contributed by atoms with Crippen LogP contribution in [-0.2, 0) is 14.6 Å². The Morgan fingerprint density at radius 2 is 1.83 bits per heavy atom. The van der Waals surface area contributed by atoms with Crippen molar-refractivity contribution in [3.05, 3.63) is 57.6 Å². The van der Waals surface area contributed by atoms with Crippen molar-refractivity contribution in [3.63, 3.8) is 0 Å². The summed E-state index contributed by atoms with van der Waals surface area (Å²) in [5.74, 6) is 0.183. The van der Waals surface area contributed by atoms with Gasteiger partial charge in [0.15, 0.2) is 0 Å². The van der Waals surface area contributed by atoms with E-state index in [0.29, 0.717) is 23.6 Å². The molecule has 0 aromatic heterocycles. The third-order valence-electron chi connectivity index (χ3n) is 7.42. The molecule has 8 nitrogen and oxygen atoms in total. The highest BCUT2D eigenvalue weighted by molar-refractivity contribution is 9.10. The van der Waals surface area contributed by atoms with E-state index in [1.165, 1.54) is 0 Å². The topological polar surface area (TPSA) is 99.1 Å². The number of nitrogens with one attached hydrogen (secondary N) is 1. The Bertz CT molecular complexity index is 1230. The number of nitrogens with zero attached hydrogens (tertiary/aromatic N) is 3. The standard InChI is InChI=1S/C26H33BrN4O4S/c1-18-22(24(32)28-12-15-36(3,34)35)8-9-23-26(18,2)17-31(29-23)16-19-10-13-30(14-11-19)25(33)20-4-6-21(27)7-5-20/h4-9,19H,10-17H2,1-3H3,(H,28,32). The van der Waals surface area contributed by atoms with Crippen molar-refractivity contribution in [3.8, 4) is 0 Å². The van der Waals surface area contributed by atoms with Crippen molar-refractivity contribution in [1.29, 1.82) is 0 Å². The van der Waals surface area contributed by atoms with Crippen LogP contribution < -0.4 is 5.32 Å². The number of likely N-dealkylation sites (tertiary alicyclic amines) is 1. The minimum absolute atomic E-state index is 0.0779. The van der Waals surface area contributed by atoms with E-state index < -0.39 is 9.84 Å². The van der Waals surface area contributed by atoms with Gasteiger partial charge in [-0.3, -0.25) is 14.6 Å². The molecule has 10 heteroatoms. The molecular weight excluding hydrogens is 544 g/mol. The van der Waals surface area contributed by atoms with E-state index in [0.717, 1.165) is 54.5 Å². The molecule has 0 saturated carbocycles. The number of carbonyl (C=O) groups is 2. The number of hydrazone groups is 1. The summed E-state index contributed by atoms with van der Waals surface area (Å²) in [6, 6.07) is 7.49. The molecule has 1 aliphatic carbocycles. The summed E-state index contributed by atoms with van der Waals surface area (Å²) >= 11 is 3.41. The summed E-state index contributed by atoms with van der Waals surface area (Å²) in [7, 11) is -3.13. The number of rotatable bonds is 7. The second-order valence-electron chi connectivity index (χ2n) is 10.2. The van der Waals surface area contributed by atoms with Gasteiger partial charge in [0.05, 0.1) is 23.4 Å². The van der Waals surface area contributed by atoms with E-state index >= 15 is 0 Å². The van der Waals surface area contributed by atoms with Crippen LogP contribution in [0.5, 0.6) is 0 Å². The summed E-state index contributed by atoms with van der Waals surface area (Å²) in [6.45, 7) is 7.13. The zero-order valence-corrected chi connectivity index (χ0v) is 23.4. The average Bonchev–Trinajstić information content (AvgIpc) is 3.15. The average molecular weight is 578 g/mol. The lowest BCUT2D eigenvalue weighted by atomic mass is 9.73. The second-order valence-corrected chi connectivity index (χ2v) is 13.3. The molecule has 0 spiro atoms. The van der Waals surface area contributed by atoms with Crippen molar-refractivity contribution in [2.24, 2.45) is 16.4 Å². The fraction of sp³-hybridized carbons (Fsp3) is 0.500. The molecule has 0 radical (unpaired) electrons. The number of piperidine rings is 1. The summed E-state index contributed by atoms with van der Waals surface area (Å²) in [4.78, 5) is 27.5. The van der Waals surface area contributed by atoms with Crippen molar-refractivity contribution >= 4 is 43.3 Å². The molecule has 2 amide bonds. The molecule has 1 unspecified atom stereocenters. The fourth-order valence-electron chi connectivity index (χ4n) is 5.04. The Morgan fingerprint density at radius 1 is 1.17 bits per heavy atom. The Balaban J connectivity index is 1.32. The van der Waals surface area contributed by atoms with Gasteiger partial charge in [0, 0.05) is 48.0 Å².